The minimum absolute atomic E-state index is 0.791. The Bertz CT molecular complexity index is 807. The average molecular weight is 337 g/mol. The Hall–Kier alpha value is -2.66. The van der Waals surface area contributed by atoms with Crippen LogP contribution in [0.1, 0.15) is 23.7 Å². The molecule has 1 N–H and O–H groups in total. The molecule has 3 aromatic rings. The van der Waals surface area contributed by atoms with Gasteiger partial charge in [0.05, 0.1) is 11.9 Å². The second kappa shape index (κ2) is 7.75. The molecular weight excluding hydrogens is 318 g/mol. The number of benzene rings is 2. The second-order valence-electron chi connectivity index (χ2n) is 5.33. The van der Waals surface area contributed by atoms with Crippen LogP contribution in [-0.2, 0) is 6.42 Å². The Kier molecular flexibility index (Phi) is 5.23. The highest BCUT2D eigenvalue weighted by molar-refractivity contribution is 7.13. The lowest BCUT2D eigenvalue weighted by Crippen LogP contribution is -1.90. The molecule has 24 heavy (non-hydrogen) atoms. The van der Waals surface area contributed by atoms with Gasteiger partial charge in [0.2, 0.25) is 5.13 Å². The fourth-order valence-electron chi connectivity index (χ4n) is 2.12. The van der Waals surface area contributed by atoms with Crippen LogP contribution in [0.5, 0.6) is 11.5 Å². The van der Waals surface area contributed by atoms with Crippen molar-refractivity contribution in [3.05, 3.63) is 70.7 Å². The Labute approximate surface area is 145 Å². The van der Waals surface area contributed by atoms with Gasteiger partial charge in [0.15, 0.2) is 0 Å². The van der Waals surface area contributed by atoms with Crippen molar-refractivity contribution in [2.24, 2.45) is 5.10 Å². The third kappa shape index (κ3) is 4.43. The predicted octanol–water partition coefficient (Wildman–Crippen LogP) is 5.25. The lowest BCUT2D eigenvalue weighted by atomic mass is 10.2. The number of hydrogen-bond acceptors (Lipinski definition) is 5. The molecule has 0 aliphatic rings. The van der Waals surface area contributed by atoms with Gasteiger partial charge in [0, 0.05) is 5.38 Å². The normalized spacial score (nSPS) is 10.9. The zero-order valence-corrected chi connectivity index (χ0v) is 14.5. The molecule has 4 nitrogen and oxygen atoms in total. The molecule has 0 radical (unpaired) electrons. The maximum absolute atomic E-state index is 5.84. The van der Waals surface area contributed by atoms with E-state index in [1.165, 1.54) is 16.9 Å². The molecule has 0 fully saturated rings. The smallest absolute Gasteiger partial charge is 0.203 e. The monoisotopic (exact) mass is 337 g/mol. The van der Waals surface area contributed by atoms with E-state index in [1.807, 2.05) is 48.7 Å². The van der Waals surface area contributed by atoms with Crippen molar-refractivity contribution in [3.63, 3.8) is 0 Å². The van der Waals surface area contributed by atoms with Crippen molar-refractivity contribution >= 4 is 22.7 Å². The van der Waals surface area contributed by atoms with E-state index in [2.05, 4.69) is 34.6 Å². The van der Waals surface area contributed by atoms with Gasteiger partial charge >= 0.3 is 0 Å². The molecule has 0 aliphatic carbocycles. The van der Waals surface area contributed by atoms with E-state index in [0.29, 0.717) is 0 Å². The van der Waals surface area contributed by atoms with E-state index in [4.69, 9.17) is 4.74 Å². The summed E-state index contributed by atoms with van der Waals surface area (Å²) >= 11 is 1.53. The molecule has 0 unspecified atom stereocenters. The Morgan fingerprint density at radius 3 is 2.33 bits per heavy atom. The van der Waals surface area contributed by atoms with E-state index in [-0.39, 0.29) is 0 Å². The fourth-order valence-corrected chi connectivity index (χ4v) is 2.76. The Morgan fingerprint density at radius 1 is 1.08 bits per heavy atom. The summed E-state index contributed by atoms with van der Waals surface area (Å²) < 4.78 is 5.84. The number of hydrazone groups is 1. The molecule has 5 heteroatoms. The van der Waals surface area contributed by atoms with Crippen LogP contribution < -0.4 is 10.2 Å². The van der Waals surface area contributed by atoms with Crippen LogP contribution in [-0.4, -0.2) is 11.2 Å². The minimum Gasteiger partial charge on any atom is -0.457 e. The molecule has 2 aromatic carbocycles. The molecule has 0 spiro atoms. The molecule has 0 amide bonds. The number of nitrogens with one attached hydrogen (secondary N) is 1. The Morgan fingerprint density at radius 2 is 1.75 bits per heavy atom. The van der Waals surface area contributed by atoms with Crippen molar-refractivity contribution in [1.82, 2.24) is 4.98 Å². The van der Waals surface area contributed by atoms with E-state index in [9.17, 15) is 0 Å². The molecular formula is C19H19N3OS. The molecule has 0 bridgehead atoms. The van der Waals surface area contributed by atoms with Gasteiger partial charge in [-0.1, -0.05) is 19.1 Å². The highest BCUT2D eigenvalue weighted by atomic mass is 32.1. The zero-order valence-electron chi connectivity index (χ0n) is 13.7. The molecule has 1 aromatic heterocycles. The summed E-state index contributed by atoms with van der Waals surface area (Å²) in [5, 5.41) is 6.96. The number of rotatable bonds is 6. The number of aromatic nitrogens is 1. The van der Waals surface area contributed by atoms with Gasteiger partial charge in [-0.25, -0.2) is 4.98 Å². The van der Waals surface area contributed by atoms with Gasteiger partial charge < -0.3 is 4.74 Å². The summed E-state index contributed by atoms with van der Waals surface area (Å²) in [5.74, 6) is 1.65. The van der Waals surface area contributed by atoms with Crippen LogP contribution in [0.2, 0.25) is 0 Å². The molecule has 0 saturated heterocycles. The summed E-state index contributed by atoms with van der Waals surface area (Å²) in [4.78, 5) is 4.29. The van der Waals surface area contributed by atoms with Crippen LogP contribution in [0, 0.1) is 6.92 Å². The average Bonchev–Trinajstić information content (AvgIpc) is 3.02. The number of nitrogens with zero attached hydrogens (tertiary/aromatic N) is 2. The third-order valence-electron chi connectivity index (χ3n) is 3.44. The molecule has 0 atom stereocenters. The predicted molar refractivity (Wildman–Crippen MR) is 100 cm³/mol. The van der Waals surface area contributed by atoms with E-state index in [0.717, 1.165) is 34.3 Å². The lowest BCUT2D eigenvalue weighted by Gasteiger charge is -2.06. The van der Waals surface area contributed by atoms with Gasteiger partial charge in [-0.05, 0) is 60.9 Å². The fraction of sp³-hybridized carbons (Fsp3) is 0.158. The summed E-state index contributed by atoms with van der Waals surface area (Å²) in [6.45, 7) is 4.10. The van der Waals surface area contributed by atoms with Gasteiger partial charge in [-0.2, -0.15) is 5.10 Å². The van der Waals surface area contributed by atoms with Crippen LogP contribution in [0.15, 0.2) is 59.0 Å². The Balaban J connectivity index is 1.58. The standard InChI is InChI=1S/C19H19N3OS/c1-3-15-4-8-17(9-5-15)23-18-10-6-16(7-11-18)12-20-22-19-21-14(2)13-24-19/h4-13H,3H2,1-2H3,(H,21,22). The number of thiazole rings is 1. The number of anilines is 1. The SMILES string of the molecule is CCc1ccc(Oc2ccc(C=NNc3nc(C)cs3)cc2)cc1. The maximum atomic E-state index is 5.84. The first-order valence-corrected chi connectivity index (χ1v) is 8.69. The van der Waals surface area contributed by atoms with Crippen molar-refractivity contribution in [2.45, 2.75) is 20.3 Å². The summed E-state index contributed by atoms with van der Waals surface area (Å²) in [7, 11) is 0. The first-order chi connectivity index (χ1) is 11.7. The van der Waals surface area contributed by atoms with Gasteiger partial charge in [0.1, 0.15) is 11.5 Å². The largest absolute Gasteiger partial charge is 0.457 e. The van der Waals surface area contributed by atoms with Crippen molar-refractivity contribution in [3.8, 4) is 11.5 Å². The summed E-state index contributed by atoms with van der Waals surface area (Å²) in [6, 6.07) is 16.0. The van der Waals surface area contributed by atoms with Crippen LogP contribution >= 0.6 is 11.3 Å². The van der Waals surface area contributed by atoms with Crippen molar-refractivity contribution in [1.29, 1.82) is 0 Å². The maximum Gasteiger partial charge on any atom is 0.203 e. The number of aryl methyl sites for hydroxylation is 2. The van der Waals surface area contributed by atoms with Crippen LogP contribution in [0.25, 0.3) is 0 Å². The summed E-state index contributed by atoms with van der Waals surface area (Å²) in [5.41, 5.74) is 6.21. The zero-order chi connectivity index (χ0) is 16.8. The third-order valence-corrected chi connectivity index (χ3v) is 4.31. The first kappa shape index (κ1) is 16.2. The number of hydrogen-bond donors (Lipinski definition) is 1. The van der Waals surface area contributed by atoms with E-state index in [1.54, 1.807) is 6.21 Å². The van der Waals surface area contributed by atoms with Crippen LogP contribution in [0.3, 0.4) is 0 Å². The molecule has 122 valence electrons. The highest BCUT2D eigenvalue weighted by Gasteiger charge is 1.98. The quantitative estimate of drug-likeness (QED) is 0.493. The molecule has 0 saturated carbocycles. The van der Waals surface area contributed by atoms with Crippen molar-refractivity contribution < 1.29 is 4.74 Å². The topological polar surface area (TPSA) is 46.5 Å². The van der Waals surface area contributed by atoms with Gasteiger partial charge in [-0.15, -0.1) is 11.3 Å². The lowest BCUT2D eigenvalue weighted by molar-refractivity contribution is 0.482. The summed E-state index contributed by atoms with van der Waals surface area (Å²) in [6.07, 6.45) is 2.79. The van der Waals surface area contributed by atoms with E-state index >= 15 is 0 Å². The minimum atomic E-state index is 0.791. The van der Waals surface area contributed by atoms with E-state index < -0.39 is 0 Å². The second-order valence-corrected chi connectivity index (χ2v) is 6.19. The van der Waals surface area contributed by atoms with Gasteiger partial charge in [-0.3, -0.25) is 5.43 Å². The molecule has 3 rings (SSSR count). The van der Waals surface area contributed by atoms with Gasteiger partial charge in [0.25, 0.3) is 0 Å². The number of ether oxygens (including phenoxy) is 1. The van der Waals surface area contributed by atoms with Crippen LogP contribution in [0.4, 0.5) is 5.13 Å². The molecule has 0 aliphatic heterocycles. The first-order valence-electron chi connectivity index (χ1n) is 7.81. The van der Waals surface area contributed by atoms with Crippen molar-refractivity contribution in [2.75, 3.05) is 5.43 Å². The molecule has 1 heterocycles. The highest BCUT2D eigenvalue weighted by Crippen LogP contribution is 2.22.